The number of aldehydes is 1. The number of carbonyl (C=O) groups is 1. The maximum atomic E-state index is 10.5. The van der Waals surface area contributed by atoms with E-state index >= 15 is 0 Å². The second-order valence-corrected chi connectivity index (χ2v) is 4.07. The summed E-state index contributed by atoms with van der Waals surface area (Å²) in [7, 11) is 0. The van der Waals surface area contributed by atoms with E-state index in [1.54, 1.807) is 0 Å². The average molecular weight is 158 g/mol. The summed E-state index contributed by atoms with van der Waals surface area (Å²) in [5.74, 6) is 0.256. The van der Waals surface area contributed by atoms with E-state index in [1.807, 2.05) is 34.6 Å². The Kier molecular flexibility index (Phi) is 3.73. The van der Waals surface area contributed by atoms with E-state index in [0.717, 1.165) is 6.29 Å². The third-order valence-corrected chi connectivity index (χ3v) is 1.28. The molecule has 0 aliphatic rings. The maximum Gasteiger partial charge on any atom is 0.149 e. The first kappa shape index (κ1) is 10.6. The van der Waals surface area contributed by atoms with E-state index in [9.17, 15) is 4.79 Å². The van der Waals surface area contributed by atoms with Crippen molar-refractivity contribution >= 4 is 6.29 Å². The van der Waals surface area contributed by atoms with Crippen molar-refractivity contribution in [2.24, 2.45) is 5.92 Å². The van der Waals surface area contributed by atoms with Gasteiger partial charge in [-0.2, -0.15) is 0 Å². The van der Waals surface area contributed by atoms with Crippen LogP contribution in [0.2, 0.25) is 0 Å². The van der Waals surface area contributed by atoms with E-state index in [0.29, 0.717) is 0 Å². The average Bonchev–Trinajstić information content (AvgIpc) is 1.80. The van der Waals surface area contributed by atoms with Crippen LogP contribution in [0.15, 0.2) is 0 Å². The molecule has 0 radical (unpaired) electrons. The third kappa shape index (κ3) is 4.96. The van der Waals surface area contributed by atoms with Crippen molar-refractivity contribution in [3.63, 3.8) is 0 Å². The molecule has 0 saturated heterocycles. The summed E-state index contributed by atoms with van der Waals surface area (Å²) in [5, 5.41) is 0. The summed E-state index contributed by atoms with van der Waals surface area (Å²) in [5.41, 5.74) is -0.226. The quantitative estimate of drug-likeness (QED) is 0.587. The highest BCUT2D eigenvalue weighted by Gasteiger charge is 2.20. The fourth-order valence-electron chi connectivity index (χ4n) is 0.729. The topological polar surface area (TPSA) is 26.3 Å². The molecule has 0 aromatic heterocycles. The van der Waals surface area contributed by atoms with Gasteiger partial charge < -0.3 is 9.53 Å². The Balaban J connectivity index is 3.99. The maximum absolute atomic E-state index is 10.5. The molecule has 1 atom stereocenters. The van der Waals surface area contributed by atoms with E-state index in [4.69, 9.17) is 4.74 Å². The molecular weight excluding hydrogens is 140 g/mol. The van der Waals surface area contributed by atoms with Crippen molar-refractivity contribution in [3.8, 4) is 0 Å². The van der Waals surface area contributed by atoms with E-state index in [-0.39, 0.29) is 17.6 Å². The summed E-state index contributed by atoms with van der Waals surface area (Å²) < 4.78 is 5.48. The van der Waals surface area contributed by atoms with Gasteiger partial charge in [-0.25, -0.2) is 0 Å². The fraction of sp³-hybridized carbons (Fsp3) is 0.889. The molecule has 0 aromatic carbocycles. The highest BCUT2D eigenvalue weighted by molar-refractivity contribution is 5.56. The highest BCUT2D eigenvalue weighted by Crippen LogP contribution is 2.14. The lowest BCUT2D eigenvalue weighted by Crippen LogP contribution is -2.31. The van der Waals surface area contributed by atoms with Crippen molar-refractivity contribution in [3.05, 3.63) is 0 Å². The van der Waals surface area contributed by atoms with Gasteiger partial charge in [-0.05, 0) is 26.7 Å². The second kappa shape index (κ2) is 3.86. The molecule has 0 fully saturated rings. The van der Waals surface area contributed by atoms with Gasteiger partial charge >= 0.3 is 0 Å². The molecule has 11 heavy (non-hydrogen) atoms. The van der Waals surface area contributed by atoms with Gasteiger partial charge in [0.1, 0.15) is 12.4 Å². The van der Waals surface area contributed by atoms with Crippen molar-refractivity contribution in [1.29, 1.82) is 0 Å². The summed E-state index contributed by atoms with van der Waals surface area (Å²) in [6, 6.07) is 0. The molecular formula is C9H18O2. The van der Waals surface area contributed by atoms with E-state index in [1.165, 1.54) is 0 Å². The molecule has 0 aromatic rings. The van der Waals surface area contributed by atoms with Gasteiger partial charge in [0, 0.05) is 0 Å². The van der Waals surface area contributed by atoms with Crippen molar-refractivity contribution in [2.45, 2.75) is 46.3 Å². The summed E-state index contributed by atoms with van der Waals surface area (Å²) in [6.45, 7) is 9.80. The van der Waals surface area contributed by atoms with Crippen LogP contribution in [0.1, 0.15) is 34.6 Å². The zero-order valence-corrected chi connectivity index (χ0v) is 8.05. The molecule has 0 rings (SSSR count). The Bertz CT molecular complexity index is 122. The Morgan fingerprint density at radius 3 is 1.82 bits per heavy atom. The predicted octanol–water partition coefficient (Wildman–Crippen LogP) is 2.02. The van der Waals surface area contributed by atoms with Crippen LogP contribution in [0.4, 0.5) is 0 Å². The molecule has 0 saturated carbocycles. The first-order valence-electron chi connectivity index (χ1n) is 4.00. The molecule has 0 aliphatic heterocycles. The second-order valence-electron chi connectivity index (χ2n) is 4.07. The van der Waals surface area contributed by atoms with Gasteiger partial charge in [0.15, 0.2) is 0 Å². The van der Waals surface area contributed by atoms with Gasteiger partial charge in [-0.15, -0.1) is 0 Å². The Morgan fingerprint density at radius 2 is 1.73 bits per heavy atom. The molecule has 1 unspecified atom stereocenters. The first-order valence-corrected chi connectivity index (χ1v) is 4.00. The minimum absolute atomic E-state index is 0.226. The molecule has 2 heteroatoms. The van der Waals surface area contributed by atoms with Crippen LogP contribution >= 0.6 is 0 Å². The molecule has 0 heterocycles. The SMILES string of the molecule is CC(C)C(C=O)OC(C)(C)C. The number of rotatable bonds is 3. The molecule has 0 spiro atoms. The zero-order chi connectivity index (χ0) is 9.07. The largest absolute Gasteiger partial charge is 0.365 e. The third-order valence-electron chi connectivity index (χ3n) is 1.28. The summed E-state index contributed by atoms with van der Waals surface area (Å²) in [4.78, 5) is 10.5. The van der Waals surface area contributed by atoms with Crippen LogP contribution in [0.5, 0.6) is 0 Å². The van der Waals surface area contributed by atoms with Crippen LogP contribution in [0.25, 0.3) is 0 Å². The van der Waals surface area contributed by atoms with Gasteiger partial charge in [-0.3, -0.25) is 0 Å². The van der Waals surface area contributed by atoms with Gasteiger partial charge in [0.2, 0.25) is 0 Å². The van der Waals surface area contributed by atoms with Crippen LogP contribution in [-0.4, -0.2) is 18.0 Å². The normalized spacial score (nSPS) is 15.1. The standard InChI is InChI=1S/C9H18O2/c1-7(2)8(6-10)11-9(3,4)5/h6-8H,1-5H3. The summed E-state index contributed by atoms with van der Waals surface area (Å²) in [6.07, 6.45) is 0.602. The number of hydrogen-bond donors (Lipinski definition) is 0. The van der Waals surface area contributed by atoms with Crippen molar-refractivity contribution < 1.29 is 9.53 Å². The van der Waals surface area contributed by atoms with Gasteiger partial charge in [0.25, 0.3) is 0 Å². The van der Waals surface area contributed by atoms with Crippen LogP contribution in [0.3, 0.4) is 0 Å². The monoisotopic (exact) mass is 158 g/mol. The van der Waals surface area contributed by atoms with Crippen molar-refractivity contribution in [2.75, 3.05) is 0 Å². The molecule has 66 valence electrons. The minimum Gasteiger partial charge on any atom is -0.365 e. The Morgan fingerprint density at radius 1 is 1.27 bits per heavy atom. The highest BCUT2D eigenvalue weighted by atomic mass is 16.5. The number of hydrogen-bond acceptors (Lipinski definition) is 2. The summed E-state index contributed by atoms with van der Waals surface area (Å²) >= 11 is 0. The van der Waals surface area contributed by atoms with Gasteiger partial charge in [0.05, 0.1) is 5.60 Å². The van der Waals surface area contributed by atoms with E-state index in [2.05, 4.69) is 0 Å². The zero-order valence-electron chi connectivity index (χ0n) is 8.05. The van der Waals surface area contributed by atoms with Crippen molar-refractivity contribution in [1.82, 2.24) is 0 Å². The minimum atomic E-state index is -0.269. The number of ether oxygens (including phenoxy) is 1. The molecule has 0 aliphatic carbocycles. The first-order chi connectivity index (χ1) is 4.87. The molecule has 0 bridgehead atoms. The smallest absolute Gasteiger partial charge is 0.149 e. The molecule has 0 N–H and O–H groups in total. The Hall–Kier alpha value is -0.370. The molecule has 0 amide bonds. The van der Waals surface area contributed by atoms with Gasteiger partial charge in [-0.1, -0.05) is 13.8 Å². The number of carbonyl (C=O) groups excluding carboxylic acids is 1. The lowest BCUT2D eigenvalue weighted by Gasteiger charge is -2.26. The predicted molar refractivity (Wildman–Crippen MR) is 45.5 cm³/mol. The van der Waals surface area contributed by atoms with E-state index < -0.39 is 0 Å². The lowest BCUT2D eigenvalue weighted by molar-refractivity contribution is -0.132. The fourth-order valence-corrected chi connectivity index (χ4v) is 0.729. The molecule has 2 nitrogen and oxygen atoms in total. The van der Waals surface area contributed by atoms with Crippen LogP contribution in [0, 0.1) is 5.92 Å². The Labute approximate surface area is 68.9 Å². The van der Waals surface area contributed by atoms with Crippen LogP contribution in [-0.2, 0) is 9.53 Å². The lowest BCUT2D eigenvalue weighted by atomic mass is 10.1. The van der Waals surface area contributed by atoms with Crippen LogP contribution < -0.4 is 0 Å².